The SMILES string of the molecule is CCCCCCCCSc1nc2ccc(N)cc2s1. The summed E-state index contributed by atoms with van der Waals surface area (Å²) in [6, 6.07) is 5.95. The molecule has 0 unspecified atom stereocenters. The van der Waals surface area contributed by atoms with Crippen LogP contribution in [0.25, 0.3) is 10.2 Å². The van der Waals surface area contributed by atoms with E-state index in [2.05, 4.69) is 11.9 Å². The van der Waals surface area contributed by atoms with Gasteiger partial charge in [0.2, 0.25) is 0 Å². The Morgan fingerprint density at radius 3 is 2.79 bits per heavy atom. The number of nitrogens with zero attached hydrogens (tertiary/aromatic N) is 1. The van der Waals surface area contributed by atoms with Crippen LogP contribution in [0.5, 0.6) is 0 Å². The second-order valence-corrected chi connectivity index (χ2v) is 7.20. The van der Waals surface area contributed by atoms with Crippen LogP contribution >= 0.6 is 23.1 Å². The van der Waals surface area contributed by atoms with Crippen molar-refractivity contribution in [1.82, 2.24) is 4.98 Å². The summed E-state index contributed by atoms with van der Waals surface area (Å²) >= 11 is 3.64. The molecule has 0 aliphatic heterocycles. The molecule has 0 aliphatic rings. The molecule has 2 nitrogen and oxygen atoms in total. The first-order valence-corrected chi connectivity index (χ1v) is 8.88. The van der Waals surface area contributed by atoms with Crippen molar-refractivity contribution in [2.24, 2.45) is 0 Å². The van der Waals surface area contributed by atoms with Crippen LogP contribution in [-0.4, -0.2) is 10.7 Å². The topological polar surface area (TPSA) is 38.9 Å². The standard InChI is InChI=1S/C15H22N2S2/c1-2-3-4-5-6-7-10-18-15-17-13-9-8-12(16)11-14(13)19-15/h8-9,11H,2-7,10,16H2,1H3. The van der Waals surface area contributed by atoms with Gasteiger partial charge in [0.05, 0.1) is 10.2 Å². The summed E-state index contributed by atoms with van der Waals surface area (Å²) in [4.78, 5) is 4.63. The number of fused-ring (bicyclic) bond motifs is 1. The van der Waals surface area contributed by atoms with Crippen LogP contribution in [0.1, 0.15) is 45.4 Å². The maximum absolute atomic E-state index is 5.78. The van der Waals surface area contributed by atoms with Gasteiger partial charge in [-0.3, -0.25) is 0 Å². The third-order valence-corrected chi connectivity index (χ3v) is 5.36. The number of nitrogen functional groups attached to an aromatic ring is 1. The summed E-state index contributed by atoms with van der Waals surface area (Å²) in [5, 5.41) is 0. The Hall–Kier alpha value is -0.740. The van der Waals surface area contributed by atoms with Gasteiger partial charge in [-0.25, -0.2) is 4.98 Å². The summed E-state index contributed by atoms with van der Waals surface area (Å²) in [6.07, 6.45) is 8.12. The van der Waals surface area contributed by atoms with Crippen LogP contribution in [0.15, 0.2) is 22.5 Å². The van der Waals surface area contributed by atoms with E-state index in [4.69, 9.17) is 5.73 Å². The molecule has 1 heterocycles. The van der Waals surface area contributed by atoms with E-state index in [1.54, 1.807) is 11.3 Å². The van der Waals surface area contributed by atoms with Crippen molar-refractivity contribution < 1.29 is 0 Å². The summed E-state index contributed by atoms with van der Waals surface area (Å²) in [5.74, 6) is 1.18. The molecule has 0 saturated carbocycles. The highest BCUT2D eigenvalue weighted by Crippen LogP contribution is 2.31. The van der Waals surface area contributed by atoms with Crippen LogP contribution in [0.3, 0.4) is 0 Å². The number of anilines is 1. The van der Waals surface area contributed by atoms with E-state index < -0.39 is 0 Å². The summed E-state index contributed by atoms with van der Waals surface area (Å²) in [6.45, 7) is 2.26. The lowest BCUT2D eigenvalue weighted by Crippen LogP contribution is -1.82. The van der Waals surface area contributed by atoms with Crippen molar-refractivity contribution in [3.63, 3.8) is 0 Å². The van der Waals surface area contributed by atoms with Gasteiger partial charge in [0, 0.05) is 11.4 Å². The largest absolute Gasteiger partial charge is 0.399 e. The molecular formula is C15H22N2S2. The molecule has 4 heteroatoms. The van der Waals surface area contributed by atoms with Gasteiger partial charge in [0.15, 0.2) is 4.34 Å². The first-order chi connectivity index (χ1) is 9.29. The number of hydrogen-bond acceptors (Lipinski definition) is 4. The molecule has 0 saturated heterocycles. The van der Waals surface area contributed by atoms with E-state index in [9.17, 15) is 0 Å². The Balaban J connectivity index is 1.72. The first kappa shape index (κ1) is 14.7. The lowest BCUT2D eigenvalue weighted by atomic mass is 10.1. The normalized spacial score (nSPS) is 11.2. The second-order valence-electron chi connectivity index (χ2n) is 4.82. The van der Waals surface area contributed by atoms with Crippen LogP contribution in [0.4, 0.5) is 5.69 Å². The number of rotatable bonds is 8. The van der Waals surface area contributed by atoms with Gasteiger partial charge >= 0.3 is 0 Å². The molecule has 0 spiro atoms. The minimum absolute atomic E-state index is 0.823. The molecule has 19 heavy (non-hydrogen) atoms. The van der Waals surface area contributed by atoms with Gasteiger partial charge in [0.25, 0.3) is 0 Å². The molecule has 1 aromatic carbocycles. The third kappa shape index (κ3) is 4.69. The summed E-state index contributed by atoms with van der Waals surface area (Å²) < 4.78 is 2.37. The lowest BCUT2D eigenvalue weighted by molar-refractivity contribution is 0.627. The Morgan fingerprint density at radius 2 is 1.95 bits per heavy atom. The highest BCUT2D eigenvalue weighted by atomic mass is 32.2. The van der Waals surface area contributed by atoms with E-state index in [0.29, 0.717) is 0 Å². The van der Waals surface area contributed by atoms with Gasteiger partial charge in [-0.2, -0.15) is 0 Å². The molecule has 0 aliphatic carbocycles. The third-order valence-electron chi connectivity index (χ3n) is 3.12. The van der Waals surface area contributed by atoms with Crippen molar-refractivity contribution in [2.75, 3.05) is 11.5 Å². The monoisotopic (exact) mass is 294 g/mol. The van der Waals surface area contributed by atoms with Crippen molar-refractivity contribution >= 4 is 39.0 Å². The number of hydrogen-bond donors (Lipinski definition) is 1. The number of unbranched alkanes of at least 4 members (excludes halogenated alkanes) is 5. The Bertz CT molecular complexity index is 508. The molecule has 0 amide bonds. The molecule has 2 aromatic rings. The molecule has 0 bridgehead atoms. The van der Waals surface area contributed by atoms with Gasteiger partial charge < -0.3 is 5.73 Å². The average Bonchev–Trinajstić information content (AvgIpc) is 2.79. The van der Waals surface area contributed by atoms with Crippen molar-refractivity contribution in [2.45, 2.75) is 49.8 Å². The van der Waals surface area contributed by atoms with Gasteiger partial charge in [-0.15, -0.1) is 11.3 Å². The van der Waals surface area contributed by atoms with Crippen LogP contribution in [0, 0.1) is 0 Å². The van der Waals surface area contributed by atoms with Crippen LogP contribution < -0.4 is 5.73 Å². The fourth-order valence-electron chi connectivity index (χ4n) is 2.02. The van der Waals surface area contributed by atoms with Gasteiger partial charge in [-0.05, 0) is 24.6 Å². The summed E-state index contributed by atoms with van der Waals surface area (Å²) in [5.41, 5.74) is 7.68. The number of thioether (sulfide) groups is 1. The minimum Gasteiger partial charge on any atom is -0.399 e. The van der Waals surface area contributed by atoms with Crippen LogP contribution in [-0.2, 0) is 0 Å². The predicted octanol–water partition coefficient (Wildman–Crippen LogP) is 5.33. The van der Waals surface area contributed by atoms with Crippen LogP contribution in [0.2, 0.25) is 0 Å². The maximum Gasteiger partial charge on any atom is 0.151 e. The van der Waals surface area contributed by atoms with E-state index >= 15 is 0 Å². The Kier molecular flexibility index (Phi) is 5.98. The van der Waals surface area contributed by atoms with E-state index in [1.807, 2.05) is 30.0 Å². The molecular weight excluding hydrogens is 272 g/mol. The highest BCUT2D eigenvalue weighted by molar-refractivity contribution is 8.01. The molecule has 2 N–H and O–H groups in total. The summed E-state index contributed by atoms with van der Waals surface area (Å²) in [7, 11) is 0. The van der Waals surface area contributed by atoms with Gasteiger partial charge in [0.1, 0.15) is 0 Å². The Morgan fingerprint density at radius 1 is 1.16 bits per heavy atom. The average molecular weight is 294 g/mol. The van der Waals surface area contributed by atoms with Gasteiger partial charge in [-0.1, -0.05) is 50.8 Å². The fourth-order valence-corrected chi connectivity index (χ4v) is 4.21. The van der Waals surface area contributed by atoms with Crippen molar-refractivity contribution in [1.29, 1.82) is 0 Å². The van der Waals surface area contributed by atoms with E-state index in [1.165, 1.54) is 53.3 Å². The Labute approximate surface area is 123 Å². The number of benzene rings is 1. The number of thiazole rings is 1. The molecule has 0 radical (unpaired) electrons. The zero-order chi connectivity index (χ0) is 13.5. The molecule has 104 valence electrons. The lowest BCUT2D eigenvalue weighted by Gasteiger charge is -1.99. The molecule has 0 atom stereocenters. The van der Waals surface area contributed by atoms with Crippen molar-refractivity contribution in [3.8, 4) is 0 Å². The molecule has 0 fully saturated rings. The minimum atomic E-state index is 0.823. The molecule has 2 rings (SSSR count). The highest BCUT2D eigenvalue weighted by Gasteiger charge is 2.04. The van der Waals surface area contributed by atoms with Crippen molar-refractivity contribution in [3.05, 3.63) is 18.2 Å². The second kappa shape index (κ2) is 7.75. The van der Waals surface area contributed by atoms with E-state index in [0.717, 1.165) is 11.2 Å². The zero-order valence-corrected chi connectivity index (χ0v) is 13.2. The number of nitrogens with two attached hydrogens (primary N) is 1. The predicted molar refractivity (Wildman–Crippen MR) is 88.1 cm³/mol. The number of aromatic nitrogens is 1. The zero-order valence-electron chi connectivity index (χ0n) is 11.5. The quantitative estimate of drug-likeness (QED) is 0.406. The van der Waals surface area contributed by atoms with E-state index in [-0.39, 0.29) is 0 Å². The smallest absolute Gasteiger partial charge is 0.151 e. The first-order valence-electron chi connectivity index (χ1n) is 7.08. The molecule has 1 aromatic heterocycles. The maximum atomic E-state index is 5.78. The fraction of sp³-hybridized carbons (Fsp3) is 0.533.